The van der Waals surface area contributed by atoms with Crippen LogP contribution in [0.5, 0.6) is 0 Å². The number of hydrogen-bond donors (Lipinski definition) is 4. The fourth-order valence-electron chi connectivity index (χ4n) is 1.25. The van der Waals surface area contributed by atoms with E-state index >= 15 is 0 Å². The van der Waals surface area contributed by atoms with Gasteiger partial charge in [0, 0.05) is 18.4 Å². The standard InChI is InChI=1S/C12H18N4O2/c1-3-10(13)11(17)15-8-4-6-9(7-5-8)16-12(18)14-2/h4-7,10H,3,13H2,1-2H3,(H,15,17)(H2,14,16,18). The molecule has 0 saturated heterocycles. The second-order valence-corrected chi connectivity index (χ2v) is 3.79. The van der Waals surface area contributed by atoms with Gasteiger partial charge in [-0.15, -0.1) is 0 Å². The molecule has 98 valence electrons. The van der Waals surface area contributed by atoms with E-state index in [1.54, 1.807) is 24.3 Å². The van der Waals surface area contributed by atoms with Crippen LogP contribution in [0, 0.1) is 0 Å². The molecule has 6 nitrogen and oxygen atoms in total. The lowest BCUT2D eigenvalue weighted by atomic mass is 10.2. The lowest BCUT2D eigenvalue weighted by molar-refractivity contribution is -0.117. The number of carbonyl (C=O) groups excluding carboxylic acids is 2. The van der Waals surface area contributed by atoms with Crippen LogP contribution in [-0.2, 0) is 4.79 Å². The lowest BCUT2D eigenvalue weighted by Crippen LogP contribution is -2.34. The highest BCUT2D eigenvalue weighted by atomic mass is 16.2. The molecular weight excluding hydrogens is 232 g/mol. The van der Waals surface area contributed by atoms with Crippen molar-refractivity contribution < 1.29 is 9.59 Å². The van der Waals surface area contributed by atoms with E-state index in [0.29, 0.717) is 17.8 Å². The molecule has 3 amide bonds. The molecule has 0 spiro atoms. The molecule has 0 bridgehead atoms. The zero-order valence-electron chi connectivity index (χ0n) is 10.5. The number of nitrogens with one attached hydrogen (secondary N) is 3. The molecule has 1 unspecified atom stereocenters. The number of amides is 3. The average Bonchev–Trinajstić information content (AvgIpc) is 2.39. The first-order valence-electron chi connectivity index (χ1n) is 5.72. The quantitative estimate of drug-likeness (QED) is 0.644. The summed E-state index contributed by atoms with van der Waals surface area (Å²) in [4.78, 5) is 22.6. The van der Waals surface area contributed by atoms with Gasteiger partial charge < -0.3 is 21.7 Å². The van der Waals surface area contributed by atoms with Crippen molar-refractivity contribution >= 4 is 23.3 Å². The van der Waals surface area contributed by atoms with Crippen molar-refractivity contribution in [1.82, 2.24) is 5.32 Å². The van der Waals surface area contributed by atoms with Crippen molar-refractivity contribution in [2.45, 2.75) is 19.4 Å². The van der Waals surface area contributed by atoms with Gasteiger partial charge in [-0.25, -0.2) is 4.79 Å². The Morgan fingerprint density at radius 2 is 1.67 bits per heavy atom. The number of hydrogen-bond acceptors (Lipinski definition) is 3. The molecular formula is C12H18N4O2. The van der Waals surface area contributed by atoms with Crippen LogP contribution in [0.25, 0.3) is 0 Å². The number of benzene rings is 1. The molecule has 0 radical (unpaired) electrons. The third-order valence-corrected chi connectivity index (χ3v) is 2.41. The Morgan fingerprint density at radius 3 is 2.11 bits per heavy atom. The fraction of sp³-hybridized carbons (Fsp3) is 0.333. The van der Waals surface area contributed by atoms with E-state index in [1.165, 1.54) is 7.05 Å². The van der Waals surface area contributed by atoms with Crippen molar-refractivity contribution in [2.75, 3.05) is 17.7 Å². The maximum absolute atomic E-state index is 11.5. The zero-order chi connectivity index (χ0) is 13.5. The lowest BCUT2D eigenvalue weighted by Gasteiger charge is -2.10. The Morgan fingerprint density at radius 1 is 1.17 bits per heavy atom. The Hall–Kier alpha value is -2.08. The van der Waals surface area contributed by atoms with Gasteiger partial charge in [0.2, 0.25) is 5.91 Å². The second kappa shape index (κ2) is 6.61. The molecule has 1 aromatic rings. The first kappa shape index (κ1) is 14.0. The van der Waals surface area contributed by atoms with E-state index in [9.17, 15) is 9.59 Å². The topological polar surface area (TPSA) is 96.2 Å². The molecule has 1 aromatic carbocycles. The van der Waals surface area contributed by atoms with Crippen LogP contribution in [0.15, 0.2) is 24.3 Å². The van der Waals surface area contributed by atoms with E-state index in [0.717, 1.165) is 0 Å². The highest BCUT2D eigenvalue weighted by molar-refractivity contribution is 5.95. The van der Waals surface area contributed by atoms with Gasteiger partial charge >= 0.3 is 6.03 Å². The summed E-state index contributed by atoms with van der Waals surface area (Å²) in [5.74, 6) is -0.218. The van der Waals surface area contributed by atoms with Gasteiger partial charge in [-0.05, 0) is 30.7 Å². The molecule has 5 N–H and O–H groups in total. The summed E-state index contributed by atoms with van der Waals surface area (Å²) in [6.07, 6.45) is 0.585. The van der Waals surface area contributed by atoms with Crippen LogP contribution in [0.3, 0.4) is 0 Å². The van der Waals surface area contributed by atoms with E-state index in [-0.39, 0.29) is 11.9 Å². The predicted octanol–water partition coefficient (Wildman–Crippen LogP) is 1.11. The van der Waals surface area contributed by atoms with E-state index < -0.39 is 6.04 Å². The number of rotatable bonds is 4. The zero-order valence-corrected chi connectivity index (χ0v) is 10.5. The molecule has 0 aliphatic rings. The number of carbonyl (C=O) groups is 2. The summed E-state index contributed by atoms with van der Waals surface area (Å²) >= 11 is 0. The van der Waals surface area contributed by atoms with Crippen LogP contribution in [-0.4, -0.2) is 25.0 Å². The smallest absolute Gasteiger partial charge is 0.318 e. The Bertz CT molecular complexity index is 417. The second-order valence-electron chi connectivity index (χ2n) is 3.79. The number of nitrogens with two attached hydrogens (primary N) is 1. The fourth-order valence-corrected chi connectivity index (χ4v) is 1.25. The van der Waals surface area contributed by atoms with Gasteiger partial charge in [0.25, 0.3) is 0 Å². The van der Waals surface area contributed by atoms with Gasteiger partial charge in [0.05, 0.1) is 6.04 Å². The van der Waals surface area contributed by atoms with E-state index in [1.807, 2.05) is 6.92 Å². The molecule has 0 heterocycles. The Balaban J connectivity index is 2.60. The third-order valence-electron chi connectivity index (χ3n) is 2.41. The Kier molecular flexibility index (Phi) is 5.13. The summed E-state index contributed by atoms with van der Waals surface area (Å²) in [6.45, 7) is 1.85. The molecule has 18 heavy (non-hydrogen) atoms. The van der Waals surface area contributed by atoms with Gasteiger partial charge in [0.15, 0.2) is 0 Å². The monoisotopic (exact) mass is 250 g/mol. The highest BCUT2D eigenvalue weighted by Gasteiger charge is 2.10. The van der Waals surface area contributed by atoms with Gasteiger partial charge in [0.1, 0.15) is 0 Å². The maximum atomic E-state index is 11.5. The summed E-state index contributed by atoms with van der Waals surface area (Å²) in [6, 6.07) is 6.00. The van der Waals surface area contributed by atoms with Gasteiger partial charge in [-0.3, -0.25) is 4.79 Å². The molecule has 0 aliphatic heterocycles. The molecule has 0 aromatic heterocycles. The minimum absolute atomic E-state index is 0.218. The normalized spacial score (nSPS) is 11.5. The van der Waals surface area contributed by atoms with Crippen molar-refractivity contribution in [3.05, 3.63) is 24.3 Å². The molecule has 0 aliphatic carbocycles. The van der Waals surface area contributed by atoms with Crippen molar-refractivity contribution in [1.29, 1.82) is 0 Å². The summed E-state index contributed by atoms with van der Waals surface area (Å²) in [7, 11) is 1.54. The van der Waals surface area contributed by atoms with Gasteiger partial charge in [-0.1, -0.05) is 6.92 Å². The minimum Gasteiger partial charge on any atom is -0.341 e. The minimum atomic E-state index is -0.506. The van der Waals surface area contributed by atoms with Crippen molar-refractivity contribution in [3.63, 3.8) is 0 Å². The van der Waals surface area contributed by atoms with E-state index in [4.69, 9.17) is 5.73 Å². The Labute approximate surface area is 106 Å². The predicted molar refractivity (Wildman–Crippen MR) is 71.4 cm³/mol. The molecule has 0 fully saturated rings. The molecule has 6 heteroatoms. The van der Waals surface area contributed by atoms with Crippen LogP contribution >= 0.6 is 0 Å². The van der Waals surface area contributed by atoms with Gasteiger partial charge in [-0.2, -0.15) is 0 Å². The maximum Gasteiger partial charge on any atom is 0.318 e. The largest absolute Gasteiger partial charge is 0.341 e. The molecule has 0 saturated carbocycles. The summed E-state index contributed by atoms with van der Waals surface area (Å²) < 4.78 is 0. The molecule has 1 atom stereocenters. The third kappa shape index (κ3) is 4.06. The first-order valence-corrected chi connectivity index (χ1v) is 5.72. The van der Waals surface area contributed by atoms with Crippen LogP contribution in [0.1, 0.15) is 13.3 Å². The average molecular weight is 250 g/mol. The van der Waals surface area contributed by atoms with E-state index in [2.05, 4.69) is 16.0 Å². The van der Waals surface area contributed by atoms with Crippen molar-refractivity contribution in [3.8, 4) is 0 Å². The summed E-state index contributed by atoms with van der Waals surface area (Å²) in [5.41, 5.74) is 6.89. The van der Waals surface area contributed by atoms with Crippen LogP contribution in [0.4, 0.5) is 16.2 Å². The van der Waals surface area contributed by atoms with Crippen LogP contribution < -0.4 is 21.7 Å². The molecule has 1 rings (SSSR count). The van der Waals surface area contributed by atoms with Crippen LogP contribution in [0.2, 0.25) is 0 Å². The van der Waals surface area contributed by atoms with Crippen molar-refractivity contribution in [2.24, 2.45) is 5.73 Å². The summed E-state index contributed by atoms with van der Waals surface area (Å²) in [5, 5.41) is 7.76. The highest BCUT2D eigenvalue weighted by Crippen LogP contribution is 2.13. The SMILES string of the molecule is CCC(N)C(=O)Nc1ccc(NC(=O)NC)cc1. The number of anilines is 2. The first-order chi connectivity index (χ1) is 8.56. The number of urea groups is 1.